The van der Waals surface area contributed by atoms with Crippen LogP contribution < -0.4 is 0 Å². The quantitative estimate of drug-likeness (QED) is 0.0262. The molecule has 6 nitrogen and oxygen atoms in total. The molecular formula is C55H102O6. The normalized spacial score (nSPS) is 12.1. The summed E-state index contributed by atoms with van der Waals surface area (Å²) >= 11 is 0. The summed E-state index contributed by atoms with van der Waals surface area (Å²) in [6.07, 6.45) is 57.3. The molecule has 1 unspecified atom stereocenters. The second kappa shape index (κ2) is 50.5. The van der Waals surface area contributed by atoms with E-state index in [9.17, 15) is 14.4 Å². The first kappa shape index (κ1) is 58.9. The van der Waals surface area contributed by atoms with Crippen LogP contribution in [0.4, 0.5) is 0 Å². The van der Waals surface area contributed by atoms with Gasteiger partial charge < -0.3 is 14.2 Å². The highest BCUT2D eigenvalue weighted by molar-refractivity contribution is 5.71. The predicted molar refractivity (Wildman–Crippen MR) is 261 cm³/mol. The molecule has 0 saturated heterocycles. The van der Waals surface area contributed by atoms with Crippen LogP contribution >= 0.6 is 0 Å². The van der Waals surface area contributed by atoms with E-state index in [0.717, 1.165) is 70.6 Å². The van der Waals surface area contributed by atoms with Gasteiger partial charge in [-0.05, 0) is 70.6 Å². The molecule has 0 spiro atoms. The van der Waals surface area contributed by atoms with Crippen molar-refractivity contribution < 1.29 is 28.6 Å². The fraction of sp³-hybridized carbons (Fsp3) is 0.873. The molecule has 0 rings (SSSR count). The third kappa shape index (κ3) is 48.8. The van der Waals surface area contributed by atoms with Crippen molar-refractivity contribution in [3.8, 4) is 0 Å². The highest BCUT2D eigenvalue weighted by atomic mass is 16.6. The van der Waals surface area contributed by atoms with E-state index in [0.29, 0.717) is 19.3 Å². The monoisotopic (exact) mass is 859 g/mol. The molecule has 0 fully saturated rings. The number of carbonyl (C=O) groups is 3. The van der Waals surface area contributed by atoms with Crippen LogP contribution in [-0.4, -0.2) is 37.2 Å². The molecule has 1 atom stereocenters. The molecule has 61 heavy (non-hydrogen) atoms. The van der Waals surface area contributed by atoms with E-state index in [1.165, 1.54) is 180 Å². The van der Waals surface area contributed by atoms with Crippen molar-refractivity contribution in [2.24, 2.45) is 0 Å². The third-order valence-corrected chi connectivity index (χ3v) is 11.9. The van der Waals surface area contributed by atoms with Gasteiger partial charge in [0.25, 0.3) is 0 Å². The molecule has 6 heteroatoms. The van der Waals surface area contributed by atoms with Crippen LogP contribution in [0.5, 0.6) is 0 Å². The lowest BCUT2D eigenvalue weighted by Crippen LogP contribution is -2.30. The number of hydrogen-bond donors (Lipinski definition) is 0. The SMILES string of the molecule is CCCCC/C=C\CCCCCCCC(=O)OCC(COC(=O)CCCCCCCCCCCCCCCCCCCC)OC(=O)CCCCCCC/C=C\CCCCCC. The average Bonchev–Trinajstić information content (AvgIpc) is 3.26. The molecule has 0 saturated carbocycles. The third-order valence-electron chi connectivity index (χ3n) is 11.9. The Hall–Kier alpha value is -2.11. The standard InChI is InChI=1S/C55H102O6/c1-4-7-10-13-16-19-22-25-26-27-28-29-31-33-36-39-42-45-48-54(57)60-51-52(50-59-53(56)47-44-41-38-35-32-24-21-18-15-12-9-6-3)61-55(58)49-46-43-40-37-34-30-23-20-17-14-11-8-5-2/h18,20-21,23,52H,4-17,19,22,24-51H2,1-3H3/b21-18-,23-20-. The number of allylic oxidation sites excluding steroid dienone is 4. The van der Waals surface area contributed by atoms with Crippen LogP contribution in [0.1, 0.15) is 290 Å². The Morgan fingerprint density at radius 2 is 0.541 bits per heavy atom. The summed E-state index contributed by atoms with van der Waals surface area (Å²) in [7, 11) is 0. The molecular weight excluding hydrogens is 757 g/mol. The van der Waals surface area contributed by atoms with Crippen LogP contribution in [0, 0.1) is 0 Å². The zero-order valence-corrected chi connectivity index (χ0v) is 40.9. The minimum Gasteiger partial charge on any atom is -0.462 e. The number of ether oxygens (including phenoxy) is 3. The minimum atomic E-state index is -0.774. The Balaban J connectivity index is 4.31. The van der Waals surface area contributed by atoms with Gasteiger partial charge in [-0.15, -0.1) is 0 Å². The lowest BCUT2D eigenvalue weighted by atomic mass is 10.0. The van der Waals surface area contributed by atoms with Crippen molar-refractivity contribution in [2.75, 3.05) is 13.2 Å². The van der Waals surface area contributed by atoms with E-state index in [2.05, 4.69) is 45.1 Å². The Morgan fingerprint density at radius 1 is 0.311 bits per heavy atom. The maximum absolute atomic E-state index is 12.8. The first-order valence-corrected chi connectivity index (χ1v) is 26.8. The Bertz CT molecular complexity index is 989. The molecule has 0 N–H and O–H groups in total. The van der Waals surface area contributed by atoms with Crippen molar-refractivity contribution in [1.82, 2.24) is 0 Å². The van der Waals surface area contributed by atoms with Gasteiger partial charge in [0.2, 0.25) is 0 Å². The smallest absolute Gasteiger partial charge is 0.306 e. The summed E-state index contributed by atoms with van der Waals surface area (Å²) < 4.78 is 16.8. The van der Waals surface area contributed by atoms with Crippen LogP contribution in [-0.2, 0) is 28.6 Å². The van der Waals surface area contributed by atoms with Crippen molar-refractivity contribution in [2.45, 2.75) is 297 Å². The van der Waals surface area contributed by atoms with E-state index in [1.54, 1.807) is 0 Å². The molecule has 0 heterocycles. The van der Waals surface area contributed by atoms with Gasteiger partial charge in [0, 0.05) is 19.3 Å². The van der Waals surface area contributed by atoms with Crippen LogP contribution in [0.25, 0.3) is 0 Å². The Labute approximate surface area is 379 Å². The molecule has 0 amide bonds. The molecule has 0 aromatic carbocycles. The molecule has 0 aliphatic carbocycles. The highest BCUT2D eigenvalue weighted by Gasteiger charge is 2.19. The number of hydrogen-bond acceptors (Lipinski definition) is 6. The maximum atomic E-state index is 12.8. The molecule has 0 aliphatic rings. The maximum Gasteiger partial charge on any atom is 0.306 e. The van der Waals surface area contributed by atoms with Gasteiger partial charge in [-0.25, -0.2) is 0 Å². The number of rotatable bonds is 49. The van der Waals surface area contributed by atoms with Gasteiger partial charge in [-0.1, -0.05) is 225 Å². The first-order chi connectivity index (χ1) is 30.0. The summed E-state index contributed by atoms with van der Waals surface area (Å²) in [5.41, 5.74) is 0. The van der Waals surface area contributed by atoms with E-state index >= 15 is 0 Å². The molecule has 0 aliphatic heterocycles. The molecule has 0 aromatic heterocycles. The first-order valence-electron chi connectivity index (χ1n) is 26.8. The second-order valence-electron chi connectivity index (χ2n) is 18.1. The predicted octanol–water partition coefficient (Wildman–Crippen LogP) is 17.5. The summed E-state index contributed by atoms with van der Waals surface area (Å²) in [6.45, 7) is 6.62. The lowest BCUT2D eigenvalue weighted by Gasteiger charge is -2.18. The molecule has 358 valence electrons. The fourth-order valence-corrected chi connectivity index (χ4v) is 7.84. The Kier molecular flexibility index (Phi) is 48.8. The zero-order valence-electron chi connectivity index (χ0n) is 40.9. The van der Waals surface area contributed by atoms with E-state index in [-0.39, 0.29) is 31.1 Å². The van der Waals surface area contributed by atoms with Gasteiger partial charge in [0.05, 0.1) is 0 Å². The molecule has 0 radical (unpaired) electrons. The average molecular weight is 859 g/mol. The summed E-state index contributed by atoms with van der Waals surface area (Å²) in [5.74, 6) is -0.878. The van der Waals surface area contributed by atoms with Gasteiger partial charge in [0.1, 0.15) is 13.2 Å². The van der Waals surface area contributed by atoms with Gasteiger partial charge in [-0.2, -0.15) is 0 Å². The van der Waals surface area contributed by atoms with Gasteiger partial charge >= 0.3 is 17.9 Å². The second-order valence-corrected chi connectivity index (χ2v) is 18.1. The summed E-state index contributed by atoms with van der Waals surface area (Å²) in [4.78, 5) is 38.0. The van der Waals surface area contributed by atoms with Crippen molar-refractivity contribution >= 4 is 17.9 Å². The van der Waals surface area contributed by atoms with E-state index in [1.807, 2.05) is 0 Å². The van der Waals surface area contributed by atoms with Crippen molar-refractivity contribution in [1.29, 1.82) is 0 Å². The topological polar surface area (TPSA) is 78.9 Å². The minimum absolute atomic E-state index is 0.0733. The number of unbranched alkanes of at least 4 members (excludes halogenated alkanes) is 34. The zero-order chi connectivity index (χ0) is 44.4. The van der Waals surface area contributed by atoms with E-state index in [4.69, 9.17) is 14.2 Å². The Morgan fingerprint density at radius 3 is 0.869 bits per heavy atom. The van der Waals surface area contributed by atoms with Crippen molar-refractivity contribution in [3.63, 3.8) is 0 Å². The van der Waals surface area contributed by atoms with Crippen LogP contribution in [0.3, 0.4) is 0 Å². The van der Waals surface area contributed by atoms with Crippen molar-refractivity contribution in [3.05, 3.63) is 24.3 Å². The van der Waals surface area contributed by atoms with Gasteiger partial charge in [0.15, 0.2) is 6.10 Å². The lowest BCUT2D eigenvalue weighted by molar-refractivity contribution is -0.167. The highest BCUT2D eigenvalue weighted by Crippen LogP contribution is 2.16. The largest absolute Gasteiger partial charge is 0.462 e. The van der Waals surface area contributed by atoms with Crippen LogP contribution in [0.15, 0.2) is 24.3 Å². The van der Waals surface area contributed by atoms with Gasteiger partial charge in [-0.3, -0.25) is 14.4 Å². The number of carbonyl (C=O) groups excluding carboxylic acids is 3. The summed E-state index contributed by atoms with van der Waals surface area (Å²) in [5, 5.41) is 0. The molecule has 0 bridgehead atoms. The number of esters is 3. The van der Waals surface area contributed by atoms with E-state index < -0.39 is 6.10 Å². The van der Waals surface area contributed by atoms with Crippen LogP contribution in [0.2, 0.25) is 0 Å². The fourth-order valence-electron chi connectivity index (χ4n) is 7.84. The molecule has 0 aromatic rings. The summed E-state index contributed by atoms with van der Waals surface area (Å²) in [6, 6.07) is 0.